The summed E-state index contributed by atoms with van der Waals surface area (Å²) in [5, 5.41) is 9.39. The fraction of sp³-hybridized carbons (Fsp3) is 0.692. The van der Waals surface area contributed by atoms with Crippen molar-refractivity contribution in [3.63, 3.8) is 0 Å². The Hall–Kier alpha value is -0.850. The molecule has 0 aliphatic carbocycles. The molecule has 0 radical (unpaired) electrons. The smallest absolute Gasteiger partial charge is 0.246 e. The van der Waals surface area contributed by atoms with E-state index >= 15 is 0 Å². The van der Waals surface area contributed by atoms with Gasteiger partial charge in [0, 0.05) is 18.7 Å². The van der Waals surface area contributed by atoms with Gasteiger partial charge in [-0.2, -0.15) is 4.31 Å². The molecule has 108 valence electrons. The lowest BCUT2D eigenvalue weighted by Gasteiger charge is -2.20. The van der Waals surface area contributed by atoms with Crippen LogP contribution in [0.1, 0.15) is 42.8 Å². The molecule has 0 bridgehead atoms. The van der Waals surface area contributed by atoms with Crippen molar-refractivity contribution in [2.24, 2.45) is 0 Å². The monoisotopic (exact) mass is 287 g/mol. The highest BCUT2D eigenvalue weighted by molar-refractivity contribution is 7.89. The lowest BCUT2D eigenvalue weighted by molar-refractivity contribution is 0.276. The highest BCUT2D eigenvalue weighted by atomic mass is 32.2. The van der Waals surface area contributed by atoms with Crippen LogP contribution in [-0.2, 0) is 16.6 Å². The topological polar surface area (TPSA) is 70.8 Å². The highest BCUT2D eigenvalue weighted by Crippen LogP contribution is 2.30. The van der Waals surface area contributed by atoms with E-state index in [2.05, 4.69) is 0 Å². The summed E-state index contributed by atoms with van der Waals surface area (Å²) in [7, 11) is -3.56. The number of aliphatic hydroxyl groups is 1. The van der Waals surface area contributed by atoms with Crippen LogP contribution in [0.15, 0.2) is 9.31 Å². The van der Waals surface area contributed by atoms with Gasteiger partial charge in [-0.15, -0.1) is 0 Å². The summed E-state index contributed by atoms with van der Waals surface area (Å²) >= 11 is 0. The van der Waals surface area contributed by atoms with Gasteiger partial charge in [0.25, 0.3) is 0 Å². The molecule has 2 rings (SSSR count). The van der Waals surface area contributed by atoms with Gasteiger partial charge in [-0.3, -0.25) is 0 Å². The van der Waals surface area contributed by atoms with Gasteiger partial charge in [-0.05, 0) is 26.7 Å². The normalized spacial score (nSPS) is 18.5. The van der Waals surface area contributed by atoms with E-state index in [1.807, 2.05) is 0 Å². The van der Waals surface area contributed by atoms with E-state index in [9.17, 15) is 13.5 Å². The molecule has 0 aromatic carbocycles. The number of furan rings is 1. The molecule has 0 saturated carbocycles. The molecule has 19 heavy (non-hydrogen) atoms. The Labute approximate surface area is 114 Å². The largest absolute Gasteiger partial charge is 0.465 e. The second-order valence-corrected chi connectivity index (χ2v) is 6.87. The zero-order valence-electron chi connectivity index (χ0n) is 11.5. The lowest BCUT2D eigenvalue weighted by atomic mass is 10.2. The Balaban J connectivity index is 2.43. The van der Waals surface area contributed by atoms with Crippen molar-refractivity contribution < 1.29 is 17.9 Å². The summed E-state index contributed by atoms with van der Waals surface area (Å²) in [5.41, 5.74) is 0.391. The second-order valence-electron chi connectivity index (χ2n) is 5.00. The molecular weight excluding hydrogens is 266 g/mol. The quantitative estimate of drug-likeness (QED) is 0.922. The van der Waals surface area contributed by atoms with Crippen LogP contribution in [0.4, 0.5) is 0 Å². The minimum absolute atomic E-state index is 0.161. The SMILES string of the molecule is Cc1oc(C)c(S(=O)(=O)N2CCCCCC2)c1CO. The molecule has 1 aromatic heterocycles. The first-order valence-electron chi connectivity index (χ1n) is 6.68. The van der Waals surface area contributed by atoms with Crippen LogP contribution >= 0.6 is 0 Å². The van der Waals surface area contributed by atoms with Gasteiger partial charge < -0.3 is 9.52 Å². The molecule has 1 N–H and O–H groups in total. The van der Waals surface area contributed by atoms with E-state index < -0.39 is 10.0 Å². The number of aryl methyl sites for hydroxylation is 2. The van der Waals surface area contributed by atoms with Gasteiger partial charge in [-0.25, -0.2) is 8.42 Å². The van der Waals surface area contributed by atoms with E-state index in [4.69, 9.17) is 4.42 Å². The molecular formula is C13H21NO4S. The van der Waals surface area contributed by atoms with E-state index in [-0.39, 0.29) is 11.5 Å². The second kappa shape index (κ2) is 5.64. The van der Waals surface area contributed by atoms with E-state index in [1.165, 1.54) is 4.31 Å². The minimum atomic E-state index is -3.56. The third-order valence-corrected chi connectivity index (χ3v) is 5.74. The summed E-state index contributed by atoms with van der Waals surface area (Å²) < 4.78 is 32.3. The van der Waals surface area contributed by atoms with Gasteiger partial charge in [0.2, 0.25) is 10.0 Å². The van der Waals surface area contributed by atoms with Crippen molar-refractivity contribution in [1.82, 2.24) is 4.31 Å². The van der Waals surface area contributed by atoms with Crippen LogP contribution in [0.5, 0.6) is 0 Å². The van der Waals surface area contributed by atoms with Crippen LogP contribution < -0.4 is 0 Å². The molecule has 0 unspecified atom stereocenters. The fourth-order valence-electron chi connectivity index (χ4n) is 2.64. The Morgan fingerprint density at radius 1 is 1.11 bits per heavy atom. The molecule has 2 heterocycles. The van der Waals surface area contributed by atoms with Gasteiger partial charge in [0.15, 0.2) is 0 Å². The molecule has 0 amide bonds. The average molecular weight is 287 g/mol. The highest BCUT2D eigenvalue weighted by Gasteiger charge is 2.32. The maximum Gasteiger partial charge on any atom is 0.246 e. The first-order valence-corrected chi connectivity index (χ1v) is 8.12. The summed E-state index contributed by atoms with van der Waals surface area (Å²) in [6.45, 7) is 4.11. The molecule has 0 atom stereocenters. The molecule has 1 fully saturated rings. The van der Waals surface area contributed by atoms with Crippen LogP contribution in [0.25, 0.3) is 0 Å². The van der Waals surface area contributed by atoms with Gasteiger partial charge in [-0.1, -0.05) is 12.8 Å². The number of hydrogen-bond acceptors (Lipinski definition) is 4. The van der Waals surface area contributed by atoms with Crippen LogP contribution in [0.3, 0.4) is 0 Å². The standard InChI is InChI=1S/C13H21NO4S/c1-10-12(9-15)13(11(2)18-10)19(16,17)14-7-5-3-4-6-8-14/h15H,3-9H2,1-2H3. The predicted molar refractivity (Wildman–Crippen MR) is 71.3 cm³/mol. The van der Waals surface area contributed by atoms with Crippen molar-refractivity contribution in [1.29, 1.82) is 0 Å². The molecule has 6 heteroatoms. The first-order chi connectivity index (χ1) is 8.98. The molecule has 0 spiro atoms. The van der Waals surface area contributed by atoms with Crippen LogP contribution in [-0.4, -0.2) is 30.9 Å². The molecule has 1 aromatic rings. The molecule has 1 saturated heterocycles. The van der Waals surface area contributed by atoms with Gasteiger partial charge in [0.05, 0.1) is 6.61 Å². The predicted octanol–water partition coefficient (Wildman–Crippen LogP) is 1.95. The van der Waals surface area contributed by atoms with Crippen molar-refractivity contribution in [3.8, 4) is 0 Å². The lowest BCUT2D eigenvalue weighted by Crippen LogP contribution is -2.32. The zero-order chi connectivity index (χ0) is 14.0. The average Bonchev–Trinajstić information content (AvgIpc) is 2.58. The Morgan fingerprint density at radius 2 is 1.68 bits per heavy atom. The Kier molecular flexibility index (Phi) is 4.32. The number of rotatable bonds is 3. The van der Waals surface area contributed by atoms with Crippen LogP contribution in [0.2, 0.25) is 0 Å². The zero-order valence-corrected chi connectivity index (χ0v) is 12.3. The van der Waals surface area contributed by atoms with Gasteiger partial charge in [0.1, 0.15) is 16.4 Å². The third-order valence-electron chi connectivity index (χ3n) is 3.65. The summed E-state index contributed by atoms with van der Waals surface area (Å²) in [4.78, 5) is 0.161. The van der Waals surface area contributed by atoms with Crippen molar-refractivity contribution >= 4 is 10.0 Å². The summed E-state index contributed by atoms with van der Waals surface area (Å²) in [5.74, 6) is 0.846. The number of aliphatic hydroxyl groups excluding tert-OH is 1. The Morgan fingerprint density at radius 3 is 2.21 bits per heavy atom. The number of sulfonamides is 1. The van der Waals surface area contributed by atoms with E-state index in [0.29, 0.717) is 30.2 Å². The van der Waals surface area contributed by atoms with Crippen molar-refractivity contribution in [2.45, 2.75) is 51.0 Å². The number of nitrogens with zero attached hydrogens (tertiary/aromatic N) is 1. The van der Waals surface area contributed by atoms with Gasteiger partial charge >= 0.3 is 0 Å². The fourth-order valence-corrected chi connectivity index (χ4v) is 4.56. The molecule has 1 aliphatic rings. The van der Waals surface area contributed by atoms with E-state index in [1.54, 1.807) is 13.8 Å². The third kappa shape index (κ3) is 2.70. The van der Waals surface area contributed by atoms with Crippen molar-refractivity contribution in [3.05, 3.63) is 17.1 Å². The maximum absolute atomic E-state index is 12.7. The van der Waals surface area contributed by atoms with E-state index in [0.717, 1.165) is 25.7 Å². The van der Waals surface area contributed by atoms with Crippen LogP contribution in [0, 0.1) is 13.8 Å². The minimum Gasteiger partial charge on any atom is -0.465 e. The first kappa shape index (κ1) is 14.6. The maximum atomic E-state index is 12.7. The Bertz CT molecular complexity index is 539. The summed E-state index contributed by atoms with van der Waals surface area (Å²) in [6, 6.07) is 0. The molecule has 1 aliphatic heterocycles. The van der Waals surface area contributed by atoms with Crippen molar-refractivity contribution in [2.75, 3.05) is 13.1 Å². The molecule has 5 nitrogen and oxygen atoms in total. The summed E-state index contributed by atoms with van der Waals surface area (Å²) in [6.07, 6.45) is 3.93. The number of hydrogen-bond donors (Lipinski definition) is 1.